The number of benzene rings is 3. The van der Waals surface area contributed by atoms with E-state index < -0.39 is 11.8 Å². The molecule has 0 aliphatic carbocycles. The number of aromatic hydroxyl groups is 1. The highest BCUT2D eigenvalue weighted by Crippen LogP contribution is 2.31. The average Bonchev–Trinajstić information content (AvgIpc) is 2.75. The van der Waals surface area contributed by atoms with E-state index in [-0.39, 0.29) is 21.5 Å². The van der Waals surface area contributed by atoms with Crippen LogP contribution < -0.4 is 9.80 Å². The Kier molecular flexibility index (Phi) is 5.35. The summed E-state index contributed by atoms with van der Waals surface area (Å²) in [5.41, 5.74) is 1.53. The highest BCUT2D eigenvalue weighted by atomic mass is 35.5. The summed E-state index contributed by atoms with van der Waals surface area (Å²) in [6, 6.07) is 22.3. The fourth-order valence-electron chi connectivity index (χ4n) is 3.12. The number of para-hydroxylation sites is 2. The van der Waals surface area contributed by atoms with Gasteiger partial charge in [0.2, 0.25) is 0 Å². The quantitative estimate of drug-likeness (QED) is 0.365. The van der Waals surface area contributed by atoms with Crippen LogP contribution in [0.5, 0.6) is 5.75 Å². The number of phenols is 1. The van der Waals surface area contributed by atoms with E-state index in [1.165, 1.54) is 28.0 Å². The normalized spacial score (nSPS) is 14.3. The zero-order chi connectivity index (χ0) is 21.3. The molecule has 0 unspecified atom stereocenters. The molecule has 1 saturated heterocycles. The van der Waals surface area contributed by atoms with Gasteiger partial charge in [-0.15, -0.1) is 0 Å². The van der Waals surface area contributed by atoms with Gasteiger partial charge >= 0.3 is 0 Å². The number of hydrogen-bond acceptors (Lipinski definition) is 4. The van der Waals surface area contributed by atoms with E-state index in [0.717, 1.165) is 0 Å². The van der Waals surface area contributed by atoms with Crippen molar-refractivity contribution in [1.29, 1.82) is 0 Å². The van der Waals surface area contributed by atoms with Gasteiger partial charge in [-0.1, -0.05) is 54.1 Å². The van der Waals surface area contributed by atoms with Crippen LogP contribution in [0.3, 0.4) is 0 Å². The molecule has 1 aliphatic rings. The maximum Gasteiger partial charge on any atom is 0.270 e. The summed E-state index contributed by atoms with van der Waals surface area (Å²) < 4.78 is 0. The van der Waals surface area contributed by atoms with E-state index in [4.69, 9.17) is 23.8 Å². The highest BCUT2D eigenvalue weighted by Gasteiger charge is 2.41. The summed E-state index contributed by atoms with van der Waals surface area (Å²) in [5.74, 6) is -1.15. The molecule has 1 aliphatic heterocycles. The Morgan fingerprint density at radius 1 is 0.800 bits per heavy atom. The average molecular weight is 435 g/mol. The molecular weight excluding hydrogens is 420 g/mol. The molecule has 0 atom stereocenters. The number of rotatable bonds is 3. The molecule has 1 N–H and O–H groups in total. The lowest BCUT2D eigenvalue weighted by Crippen LogP contribution is -2.56. The molecule has 1 fully saturated rings. The molecule has 0 bridgehead atoms. The topological polar surface area (TPSA) is 60.9 Å². The molecule has 3 aromatic carbocycles. The van der Waals surface area contributed by atoms with Crippen LogP contribution in [0, 0.1) is 0 Å². The van der Waals surface area contributed by atoms with Crippen molar-refractivity contribution in [2.24, 2.45) is 0 Å². The first-order valence-electron chi connectivity index (χ1n) is 9.00. The van der Waals surface area contributed by atoms with Gasteiger partial charge in [-0.25, -0.2) is 0 Å². The van der Waals surface area contributed by atoms with Crippen molar-refractivity contribution in [1.82, 2.24) is 0 Å². The lowest BCUT2D eigenvalue weighted by molar-refractivity contribution is -0.120. The number of halogens is 1. The fourth-order valence-corrected chi connectivity index (χ4v) is 3.68. The molecule has 3 aromatic rings. The number of carbonyl (C=O) groups excluding carboxylic acids is 2. The SMILES string of the molecule is O=C1C(=Cc2ccc(O)c(Cl)c2)C(=O)N(c2ccccc2)C(=S)N1c1ccccc1. The number of phenolic OH excluding ortho intramolecular Hbond substituents is 1. The molecule has 0 radical (unpaired) electrons. The number of carbonyl (C=O) groups is 2. The number of thiocarbonyl (C=S) groups is 1. The Balaban J connectivity index is 1.87. The molecular formula is C23H15ClN2O3S. The third kappa shape index (κ3) is 3.58. The lowest BCUT2D eigenvalue weighted by Gasteiger charge is -2.36. The van der Waals surface area contributed by atoms with Crippen LogP contribution in [0.2, 0.25) is 5.02 Å². The number of hydrogen-bond donors (Lipinski definition) is 1. The predicted octanol–water partition coefficient (Wildman–Crippen LogP) is 4.79. The largest absolute Gasteiger partial charge is 0.506 e. The van der Waals surface area contributed by atoms with Gasteiger partial charge < -0.3 is 5.11 Å². The van der Waals surface area contributed by atoms with Gasteiger partial charge in [-0.3, -0.25) is 19.4 Å². The second-order valence-electron chi connectivity index (χ2n) is 6.50. The number of anilines is 2. The van der Waals surface area contributed by atoms with Gasteiger partial charge in [0, 0.05) is 0 Å². The van der Waals surface area contributed by atoms with Crippen LogP contribution in [0.1, 0.15) is 5.56 Å². The Labute approximate surface area is 183 Å². The van der Waals surface area contributed by atoms with Crippen molar-refractivity contribution < 1.29 is 14.7 Å². The van der Waals surface area contributed by atoms with E-state index in [1.54, 1.807) is 54.6 Å². The van der Waals surface area contributed by atoms with Crippen molar-refractivity contribution in [2.75, 3.05) is 9.80 Å². The Bertz CT molecular complexity index is 1120. The molecule has 5 nitrogen and oxygen atoms in total. The third-order valence-corrected chi connectivity index (χ3v) is 5.23. The molecule has 1 heterocycles. The fraction of sp³-hybridized carbons (Fsp3) is 0. The Morgan fingerprint density at radius 3 is 1.77 bits per heavy atom. The molecule has 148 valence electrons. The second kappa shape index (κ2) is 8.10. The summed E-state index contributed by atoms with van der Waals surface area (Å²) in [4.78, 5) is 29.3. The van der Waals surface area contributed by atoms with Gasteiger partial charge in [-0.2, -0.15) is 0 Å². The van der Waals surface area contributed by atoms with Crippen LogP contribution in [0.15, 0.2) is 84.4 Å². The zero-order valence-corrected chi connectivity index (χ0v) is 17.1. The Morgan fingerprint density at radius 2 is 1.30 bits per heavy atom. The minimum atomic E-state index is -0.535. The summed E-state index contributed by atoms with van der Waals surface area (Å²) in [6.07, 6.45) is 1.45. The van der Waals surface area contributed by atoms with Crippen molar-refractivity contribution >= 4 is 58.2 Å². The minimum absolute atomic E-state index is 0.0712. The van der Waals surface area contributed by atoms with Crippen molar-refractivity contribution in [3.05, 3.63) is 95.0 Å². The zero-order valence-electron chi connectivity index (χ0n) is 15.5. The lowest BCUT2D eigenvalue weighted by atomic mass is 10.0. The third-order valence-electron chi connectivity index (χ3n) is 4.56. The van der Waals surface area contributed by atoms with Crippen LogP contribution >= 0.6 is 23.8 Å². The van der Waals surface area contributed by atoms with Gasteiger partial charge in [0.25, 0.3) is 11.8 Å². The first-order chi connectivity index (χ1) is 14.5. The molecule has 4 rings (SSSR count). The van der Waals surface area contributed by atoms with Gasteiger partial charge in [0.15, 0.2) is 5.11 Å². The first-order valence-corrected chi connectivity index (χ1v) is 9.79. The number of amides is 2. The molecule has 0 saturated carbocycles. The van der Waals surface area contributed by atoms with E-state index in [2.05, 4.69) is 0 Å². The molecule has 2 amide bonds. The summed E-state index contributed by atoms with van der Waals surface area (Å²) >= 11 is 11.5. The maximum atomic E-state index is 13.3. The van der Waals surface area contributed by atoms with Crippen LogP contribution in [0.25, 0.3) is 6.08 Å². The van der Waals surface area contributed by atoms with Gasteiger partial charge in [-0.05, 0) is 60.3 Å². The molecule has 0 aromatic heterocycles. The minimum Gasteiger partial charge on any atom is -0.506 e. The van der Waals surface area contributed by atoms with Crippen LogP contribution in [0.4, 0.5) is 11.4 Å². The van der Waals surface area contributed by atoms with Crippen LogP contribution in [-0.2, 0) is 9.59 Å². The van der Waals surface area contributed by atoms with E-state index in [0.29, 0.717) is 16.9 Å². The van der Waals surface area contributed by atoms with E-state index in [9.17, 15) is 14.7 Å². The van der Waals surface area contributed by atoms with E-state index in [1.807, 2.05) is 12.1 Å². The van der Waals surface area contributed by atoms with Crippen molar-refractivity contribution in [2.45, 2.75) is 0 Å². The Hall–Kier alpha value is -3.48. The van der Waals surface area contributed by atoms with Gasteiger partial charge in [0.1, 0.15) is 11.3 Å². The molecule has 0 spiro atoms. The summed E-state index contributed by atoms with van der Waals surface area (Å²) in [6.45, 7) is 0. The second-order valence-corrected chi connectivity index (χ2v) is 7.28. The van der Waals surface area contributed by atoms with Gasteiger partial charge in [0.05, 0.1) is 16.4 Å². The monoisotopic (exact) mass is 434 g/mol. The van der Waals surface area contributed by atoms with E-state index >= 15 is 0 Å². The molecule has 7 heteroatoms. The summed E-state index contributed by atoms with van der Waals surface area (Å²) in [5, 5.41) is 9.84. The smallest absolute Gasteiger partial charge is 0.270 e. The maximum absolute atomic E-state index is 13.3. The van der Waals surface area contributed by atoms with Crippen LogP contribution in [-0.4, -0.2) is 22.0 Å². The number of nitrogens with zero attached hydrogens (tertiary/aromatic N) is 2. The predicted molar refractivity (Wildman–Crippen MR) is 122 cm³/mol. The van der Waals surface area contributed by atoms with Crippen molar-refractivity contribution in [3.63, 3.8) is 0 Å². The molecule has 30 heavy (non-hydrogen) atoms. The van der Waals surface area contributed by atoms with Crippen molar-refractivity contribution in [3.8, 4) is 5.75 Å². The highest BCUT2D eigenvalue weighted by molar-refractivity contribution is 7.81. The first kappa shape index (κ1) is 19.8. The summed E-state index contributed by atoms with van der Waals surface area (Å²) in [7, 11) is 0. The standard InChI is InChI=1S/C23H15ClN2O3S/c24-19-14-15(11-12-20(19)27)13-18-21(28)25(16-7-3-1-4-8-16)23(30)26(22(18)29)17-9-5-2-6-10-17/h1-14,27H.